The Morgan fingerprint density at radius 1 is 1.19 bits per heavy atom. The standard InChI is InChI=1S/C20H17NO5S/c22-18(12-17-19-13(7-10-25-17)8-11-27-19)26-15-5-3-14(4-6-15)21-20(23)16-2-1-9-24-16/h1-6,8-9,11,17H,7,10,12H2,(H,21,23)/t17-/m1/s1. The number of nitrogens with one attached hydrogen (secondary N) is 1. The van der Waals surface area contributed by atoms with Gasteiger partial charge in [-0.3, -0.25) is 9.59 Å². The number of esters is 1. The third-order valence-electron chi connectivity index (χ3n) is 4.20. The lowest BCUT2D eigenvalue weighted by Crippen LogP contribution is -2.19. The average Bonchev–Trinajstić information content (AvgIpc) is 3.35. The van der Waals surface area contributed by atoms with Crippen LogP contribution in [-0.4, -0.2) is 18.5 Å². The van der Waals surface area contributed by atoms with Crippen molar-refractivity contribution in [3.05, 3.63) is 70.3 Å². The molecule has 27 heavy (non-hydrogen) atoms. The van der Waals surface area contributed by atoms with Gasteiger partial charge in [-0.2, -0.15) is 0 Å². The molecule has 3 heterocycles. The van der Waals surface area contributed by atoms with E-state index in [0.717, 1.165) is 11.3 Å². The summed E-state index contributed by atoms with van der Waals surface area (Å²) in [5, 5.41) is 4.73. The van der Waals surface area contributed by atoms with Crippen LogP contribution in [0, 0.1) is 0 Å². The topological polar surface area (TPSA) is 77.8 Å². The van der Waals surface area contributed by atoms with Gasteiger partial charge in [-0.25, -0.2) is 0 Å². The third-order valence-corrected chi connectivity index (χ3v) is 5.26. The van der Waals surface area contributed by atoms with Crippen molar-refractivity contribution in [2.75, 3.05) is 11.9 Å². The molecule has 1 aromatic carbocycles. The second kappa shape index (κ2) is 7.77. The Bertz CT molecular complexity index is 930. The number of hydrogen-bond donors (Lipinski definition) is 1. The minimum Gasteiger partial charge on any atom is -0.459 e. The normalized spacial score (nSPS) is 15.8. The van der Waals surface area contributed by atoms with E-state index < -0.39 is 0 Å². The number of fused-ring (bicyclic) bond motifs is 1. The van der Waals surface area contributed by atoms with Gasteiger partial charge in [-0.05, 0) is 59.8 Å². The summed E-state index contributed by atoms with van der Waals surface area (Å²) in [4.78, 5) is 25.3. The summed E-state index contributed by atoms with van der Waals surface area (Å²) in [5.74, 6) is -0.0521. The molecule has 4 rings (SSSR count). The van der Waals surface area contributed by atoms with Crippen LogP contribution in [0.2, 0.25) is 0 Å². The molecule has 0 saturated carbocycles. The van der Waals surface area contributed by atoms with Crippen molar-refractivity contribution in [2.45, 2.75) is 18.9 Å². The van der Waals surface area contributed by atoms with Gasteiger partial charge in [0.2, 0.25) is 0 Å². The summed E-state index contributed by atoms with van der Waals surface area (Å²) in [6.45, 7) is 0.617. The number of ether oxygens (including phenoxy) is 2. The predicted octanol–water partition coefficient (Wildman–Crippen LogP) is 4.20. The summed E-state index contributed by atoms with van der Waals surface area (Å²) >= 11 is 1.61. The Hall–Kier alpha value is -2.90. The van der Waals surface area contributed by atoms with Crippen LogP contribution in [0.1, 0.15) is 33.5 Å². The fourth-order valence-electron chi connectivity index (χ4n) is 2.91. The number of hydrogen-bond acceptors (Lipinski definition) is 6. The van der Waals surface area contributed by atoms with E-state index in [1.807, 2.05) is 5.38 Å². The maximum Gasteiger partial charge on any atom is 0.314 e. The molecule has 3 aromatic rings. The molecule has 1 aliphatic heterocycles. The Morgan fingerprint density at radius 3 is 2.81 bits per heavy atom. The molecule has 0 unspecified atom stereocenters. The van der Waals surface area contributed by atoms with Gasteiger partial charge < -0.3 is 19.2 Å². The lowest BCUT2D eigenvalue weighted by Gasteiger charge is -2.22. The van der Waals surface area contributed by atoms with Gasteiger partial charge in [-0.15, -0.1) is 11.3 Å². The fourth-order valence-corrected chi connectivity index (χ4v) is 3.91. The molecular formula is C20H17NO5S. The summed E-state index contributed by atoms with van der Waals surface area (Å²) in [7, 11) is 0. The molecule has 1 amide bonds. The number of anilines is 1. The highest BCUT2D eigenvalue weighted by molar-refractivity contribution is 7.10. The van der Waals surface area contributed by atoms with Crippen LogP contribution in [0.25, 0.3) is 0 Å². The molecule has 1 aliphatic rings. The van der Waals surface area contributed by atoms with Crippen molar-refractivity contribution in [1.29, 1.82) is 0 Å². The Morgan fingerprint density at radius 2 is 2.04 bits per heavy atom. The SMILES string of the molecule is O=C(C[C@H]1OCCc2ccsc21)Oc1ccc(NC(=O)c2ccco2)cc1. The minimum atomic E-state index is -0.353. The molecule has 1 N–H and O–H groups in total. The third kappa shape index (κ3) is 4.10. The van der Waals surface area contributed by atoms with Crippen molar-refractivity contribution in [1.82, 2.24) is 0 Å². The Kier molecular flexibility index (Phi) is 5.04. The quantitative estimate of drug-likeness (QED) is 0.528. The van der Waals surface area contributed by atoms with Crippen molar-refractivity contribution >= 4 is 28.9 Å². The van der Waals surface area contributed by atoms with E-state index in [2.05, 4.69) is 11.4 Å². The highest BCUT2D eigenvalue weighted by Gasteiger charge is 2.25. The van der Waals surface area contributed by atoms with Gasteiger partial charge in [0, 0.05) is 10.6 Å². The minimum absolute atomic E-state index is 0.171. The molecule has 0 aliphatic carbocycles. The van der Waals surface area contributed by atoms with Crippen LogP contribution in [0.5, 0.6) is 5.75 Å². The molecule has 0 radical (unpaired) electrons. The average molecular weight is 383 g/mol. The van der Waals surface area contributed by atoms with Crippen LogP contribution < -0.4 is 10.1 Å². The maximum atomic E-state index is 12.3. The lowest BCUT2D eigenvalue weighted by molar-refractivity contribution is -0.137. The number of carbonyl (C=O) groups excluding carboxylic acids is 2. The van der Waals surface area contributed by atoms with Crippen LogP contribution in [0.3, 0.4) is 0 Å². The molecule has 0 saturated heterocycles. The van der Waals surface area contributed by atoms with Crippen molar-refractivity contribution < 1.29 is 23.5 Å². The van der Waals surface area contributed by atoms with Gasteiger partial charge in [0.15, 0.2) is 5.76 Å². The summed E-state index contributed by atoms with van der Waals surface area (Å²) in [6.07, 6.45) is 2.25. The summed E-state index contributed by atoms with van der Waals surface area (Å²) in [5.41, 5.74) is 1.83. The molecule has 0 spiro atoms. The number of furan rings is 1. The van der Waals surface area contributed by atoms with Crippen LogP contribution >= 0.6 is 11.3 Å². The van der Waals surface area contributed by atoms with Gasteiger partial charge >= 0.3 is 5.97 Å². The first-order chi connectivity index (χ1) is 13.2. The van der Waals surface area contributed by atoms with Crippen LogP contribution in [0.4, 0.5) is 5.69 Å². The van der Waals surface area contributed by atoms with E-state index in [-0.39, 0.29) is 30.2 Å². The second-order valence-electron chi connectivity index (χ2n) is 6.05. The van der Waals surface area contributed by atoms with Crippen LogP contribution in [0.15, 0.2) is 58.5 Å². The van der Waals surface area contributed by atoms with Gasteiger partial charge in [-0.1, -0.05) is 0 Å². The zero-order valence-electron chi connectivity index (χ0n) is 14.3. The molecule has 138 valence electrons. The van der Waals surface area contributed by atoms with E-state index in [0.29, 0.717) is 18.0 Å². The summed E-state index contributed by atoms with van der Waals surface area (Å²) in [6, 6.07) is 11.9. The smallest absolute Gasteiger partial charge is 0.314 e. The number of carbonyl (C=O) groups is 2. The van der Waals surface area contributed by atoms with Gasteiger partial charge in [0.05, 0.1) is 19.3 Å². The summed E-state index contributed by atoms with van der Waals surface area (Å²) < 4.78 is 16.2. The molecule has 6 nitrogen and oxygen atoms in total. The van der Waals surface area contributed by atoms with Crippen molar-refractivity contribution in [2.24, 2.45) is 0 Å². The molecule has 7 heteroatoms. The predicted molar refractivity (Wildman–Crippen MR) is 100 cm³/mol. The van der Waals surface area contributed by atoms with Crippen LogP contribution in [-0.2, 0) is 16.0 Å². The molecule has 1 atom stereocenters. The van der Waals surface area contributed by atoms with E-state index in [4.69, 9.17) is 13.9 Å². The number of thiophene rings is 1. The monoisotopic (exact) mass is 383 g/mol. The van der Waals surface area contributed by atoms with Gasteiger partial charge in [0.25, 0.3) is 5.91 Å². The fraction of sp³-hybridized carbons (Fsp3) is 0.200. The molecule has 0 fully saturated rings. The van der Waals surface area contributed by atoms with E-state index in [1.54, 1.807) is 47.7 Å². The van der Waals surface area contributed by atoms with Crippen molar-refractivity contribution in [3.8, 4) is 5.75 Å². The zero-order chi connectivity index (χ0) is 18.6. The van der Waals surface area contributed by atoms with E-state index in [9.17, 15) is 9.59 Å². The first kappa shape index (κ1) is 17.5. The highest BCUT2D eigenvalue weighted by atomic mass is 32.1. The lowest BCUT2D eigenvalue weighted by atomic mass is 10.1. The molecular weight excluding hydrogens is 366 g/mol. The molecule has 0 bridgehead atoms. The number of amides is 1. The zero-order valence-corrected chi connectivity index (χ0v) is 15.2. The van der Waals surface area contributed by atoms with Crippen molar-refractivity contribution in [3.63, 3.8) is 0 Å². The van der Waals surface area contributed by atoms with Gasteiger partial charge in [0.1, 0.15) is 11.9 Å². The first-order valence-corrected chi connectivity index (χ1v) is 9.40. The van der Waals surface area contributed by atoms with E-state index >= 15 is 0 Å². The Labute approximate surface area is 159 Å². The Balaban J connectivity index is 1.33. The second-order valence-corrected chi connectivity index (χ2v) is 7.00. The maximum absolute atomic E-state index is 12.3. The largest absolute Gasteiger partial charge is 0.459 e. The number of benzene rings is 1. The number of rotatable bonds is 5. The first-order valence-electron chi connectivity index (χ1n) is 8.52. The molecule has 2 aromatic heterocycles. The van der Waals surface area contributed by atoms with E-state index in [1.165, 1.54) is 11.8 Å². The highest BCUT2D eigenvalue weighted by Crippen LogP contribution is 2.34.